The molecule has 1 amide bonds. The van der Waals surface area contributed by atoms with E-state index in [0.29, 0.717) is 24.3 Å². The van der Waals surface area contributed by atoms with Crippen molar-refractivity contribution in [3.05, 3.63) is 41.2 Å². The molecule has 1 heterocycles. The Hall–Kier alpha value is -2.38. The fourth-order valence-electron chi connectivity index (χ4n) is 3.18. The summed E-state index contributed by atoms with van der Waals surface area (Å²) in [5, 5.41) is 9.48. The van der Waals surface area contributed by atoms with E-state index in [1.54, 1.807) is 6.07 Å². The van der Waals surface area contributed by atoms with E-state index in [1.807, 2.05) is 0 Å². The van der Waals surface area contributed by atoms with Crippen molar-refractivity contribution < 1.29 is 18.0 Å². The third kappa shape index (κ3) is 2.89. The number of nitrogens with zero attached hydrogens (tertiary/aromatic N) is 2. The smallest absolute Gasteiger partial charge is 0.292 e. The predicted octanol–water partition coefficient (Wildman–Crippen LogP) is 3.76. The number of alkyl halides is 3. The van der Waals surface area contributed by atoms with Crippen LogP contribution in [0.3, 0.4) is 0 Å². The highest BCUT2D eigenvalue weighted by Gasteiger charge is 2.52. The maximum absolute atomic E-state index is 12.9. The standard InChI is InChI=1S/C17H17F3N4O/c18-17(19,20)12-6-2-5-11(9-12)16(7-8-16)14(25)22-15-21-13(23-24-15)10-3-1-4-10/h2,5-6,9-10H,1,3-4,7-8H2,(H2,21,22,23,24,25). The van der Waals surface area contributed by atoms with Gasteiger partial charge in [0.05, 0.1) is 11.0 Å². The third-order valence-corrected chi connectivity index (χ3v) is 5.15. The number of aromatic nitrogens is 3. The van der Waals surface area contributed by atoms with Gasteiger partial charge >= 0.3 is 6.18 Å². The number of hydrogen-bond acceptors (Lipinski definition) is 3. The van der Waals surface area contributed by atoms with Crippen LogP contribution in [0, 0.1) is 0 Å². The Labute approximate surface area is 142 Å². The van der Waals surface area contributed by atoms with E-state index in [-0.39, 0.29) is 11.9 Å². The largest absolute Gasteiger partial charge is 0.416 e. The molecule has 0 saturated heterocycles. The van der Waals surface area contributed by atoms with Gasteiger partial charge in [0.15, 0.2) is 0 Å². The molecule has 4 rings (SSSR count). The summed E-state index contributed by atoms with van der Waals surface area (Å²) in [5.41, 5.74) is -1.28. The van der Waals surface area contributed by atoms with Crippen molar-refractivity contribution in [3.8, 4) is 0 Å². The third-order valence-electron chi connectivity index (χ3n) is 5.15. The van der Waals surface area contributed by atoms with Gasteiger partial charge in [0, 0.05) is 5.92 Å². The zero-order chi connectivity index (χ0) is 17.7. The second-order valence-corrected chi connectivity index (χ2v) is 6.79. The first-order valence-corrected chi connectivity index (χ1v) is 8.30. The first kappa shape index (κ1) is 16.1. The molecular formula is C17H17F3N4O. The molecule has 8 heteroatoms. The van der Waals surface area contributed by atoms with Gasteiger partial charge in [-0.05, 0) is 37.3 Å². The van der Waals surface area contributed by atoms with Crippen molar-refractivity contribution in [1.29, 1.82) is 0 Å². The van der Waals surface area contributed by atoms with Crippen LogP contribution < -0.4 is 5.32 Å². The number of anilines is 1. The number of amides is 1. The lowest BCUT2D eigenvalue weighted by Crippen LogP contribution is -2.28. The summed E-state index contributed by atoms with van der Waals surface area (Å²) in [6.07, 6.45) is -0.136. The fraction of sp³-hybridized carbons (Fsp3) is 0.471. The van der Waals surface area contributed by atoms with Crippen molar-refractivity contribution in [3.63, 3.8) is 0 Å². The summed E-state index contributed by atoms with van der Waals surface area (Å²) >= 11 is 0. The van der Waals surface area contributed by atoms with Crippen LogP contribution in [0.4, 0.5) is 19.1 Å². The molecule has 0 unspecified atom stereocenters. The maximum atomic E-state index is 12.9. The lowest BCUT2D eigenvalue weighted by molar-refractivity contribution is -0.137. The normalized spacial score (nSPS) is 19.3. The highest BCUT2D eigenvalue weighted by molar-refractivity contribution is 6.00. The van der Waals surface area contributed by atoms with Gasteiger partial charge in [-0.3, -0.25) is 15.2 Å². The van der Waals surface area contributed by atoms with Crippen molar-refractivity contribution in [2.45, 2.75) is 49.6 Å². The molecule has 2 aliphatic carbocycles. The number of nitrogens with one attached hydrogen (secondary N) is 2. The Morgan fingerprint density at radius 1 is 1.28 bits per heavy atom. The van der Waals surface area contributed by atoms with E-state index in [2.05, 4.69) is 20.5 Å². The zero-order valence-corrected chi connectivity index (χ0v) is 13.4. The Bertz CT molecular complexity index is 806. The molecular weight excluding hydrogens is 333 g/mol. The van der Waals surface area contributed by atoms with Gasteiger partial charge in [-0.25, -0.2) is 0 Å². The van der Waals surface area contributed by atoms with E-state index in [1.165, 1.54) is 6.07 Å². The molecule has 0 bridgehead atoms. The number of aromatic amines is 1. The number of rotatable bonds is 4. The minimum Gasteiger partial charge on any atom is -0.292 e. The van der Waals surface area contributed by atoms with Crippen molar-refractivity contribution in [2.24, 2.45) is 0 Å². The van der Waals surface area contributed by atoms with Gasteiger partial charge in [-0.2, -0.15) is 18.2 Å². The first-order chi connectivity index (χ1) is 11.9. The van der Waals surface area contributed by atoms with Crippen LogP contribution in [0.2, 0.25) is 0 Å². The molecule has 25 heavy (non-hydrogen) atoms. The molecule has 5 nitrogen and oxygen atoms in total. The number of hydrogen-bond donors (Lipinski definition) is 2. The van der Waals surface area contributed by atoms with Crippen molar-refractivity contribution >= 4 is 11.9 Å². The van der Waals surface area contributed by atoms with Crippen LogP contribution in [-0.2, 0) is 16.4 Å². The van der Waals surface area contributed by atoms with Crippen LogP contribution in [0.25, 0.3) is 0 Å². The summed E-state index contributed by atoms with van der Waals surface area (Å²) in [5.74, 6) is 0.943. The van der Waals surface area contributed by atoms with E-state index < -0.39 is 17.2 Å². The number of H-pyrrole nitrogens is 1. The Morgan fingerprint density at radius 2 is 2.04 bits per heavy atom. The van der Waals surface area contributed by atoms with Gasteiger partial charge in [0.25, 0.3) is 0 Å². The van der Waals surface area contributed by atoms with Crippen LogP contribution in [0.5, 0.6) is 0 Å². The first-order valence-electron chi connectivity index (χ1n) is 8.30. The van der Waals surface area contributed by atoms with Gasteiger partial charge in [0.1, 0.15) is 5.82 Å². The summed E-state index contributed by atoms with van der Waals surface area (Å²) in [6.45, 7) is 0. The monoisotopic (exact) mass is 350 g/mol. The van der Waals surface area contributed by atoms with E-state index in [4.69, 9.17) is 0 Å². The fourth-order valence-corrected chi connectivity index (χ4v) is 3.18. The van der Waals surface area contributed by atoms with Crippen LogP contribution in [-0.4, -0.2) is 21.1 Å². The topological polar surface area (TPSA) is 70.7 Å². The van der Waals surface area contributed by atoms with Gasteiger partial charge in [-0.1, -0.05) is 24.6 Å². The number of carbonyl (C=O) groups is 1. The lowest BCUT2D eigenvalue weighted by Gasteiger charge is -2.22. The summed E-state index contributed by atoms with van der Waals surface area (Å²) in [4.78, 5) is 16.9. The number of carbonyl (C=O) groups excluding carboxylic acids is 1. The highest BCUT2D eigenvalue weighted by Crippen LogP contribution is 2.49. The van der Waals surface area contributed by atoms with Crippen LogP contribution in [0.15, 0.2) is 24.3 Å². The minimum absolute atomic E-state index is 0.185. The SMILES string of the molecule is O=C(Nc1n[nH]c(C2CCC2)n1)C1(c2cccc(C(F)(F)F)c2)CC1. The quantitative estimate of drug-likeness (QED) is 0.882. The van der Waals surface area contributed by atoms with Gasteiger partial charge in [-0.15, -0.1) is 5.10 Å². The molecule has 1 aromatic carbocycles. The second-order valence-electron chi connectivity index (χ2n) is 6.79. The van der Waals surface area contributed by atoms with Crippen molar-refractivity contribution in [1.82, 2.24) is 15.2 Å². The van der Waals surface area contributed by atoms with E-state index in [0.717, 1.165) is 37.2 Å². The van der Waals surface area contributed by atoms with Crippen molar-refractivity contribution in [2.75, 3.05) is 5.32 Å². The molecule has 2 fully saturated rings. The molecule has 2 aromatic rings. The highest BCUT2D eigenvalue weighted by atomic mass is 19.4. The molecule has 0 spiro atoms. The zero-order valence-electron chi connectivity index (χ0n) is 13.4. The summed E-state index contributed by atoms with van der Waals surface area (Å²) in [6, 6.07) is 4.98. The van der Waals surface area contributed by atoms with E-state index in [9.17, 15) is 18.0 Å². The Balaban J connectivity index is 1.52. The Morgan fingerprint density at radius 3 is 2.64 bits per heavy atom. The maximum Gasteiger partial charge on any atom is 0.416 e. The molecule has 0 radical (unpaired) electrons. The Kier molecular flexibility index (Phi) is 3.59. The average molecular weight is 350 g/mol. The molecule has 0 atom stereocenters. The van der Waals surface area contributed by atoms with Gasteiger partial charge < -0.3 is 0 Å². The van der Waals surface area contributed by atoms with Crippen LogP contribution in [0.1, 0.15) is 55.0 Å². The van der Waals surface area contributed by atoms with E-state index >= 15 is 0 Å². The van der Waals surface area contributed by atoms with Gasteiger partial charge in [0.2, 0.25) is 11.9 Å². The molecule has 2 saturated carbocycles. The second kappa shape index (κ2) is 5.57. The summed E-state index contributed by atoms with van der Waals surface area (Å²) in [7, 11) is 0. The van der Waals surface area contributed by atoms with Crippen LogP contribution >= 0.6 is 0 Å². The lowest BCUT2D eigenvalue weighted by atomic mass is 9.85. The molecule has 0 aliphatic heterocycles. The number of halogens is 3. The average Bonchev–Trinajstić information content (AvgIpc) is 3.22. The molecule has 2 N–H and O–H groups in total. The molecule has 132 valence electrons. The summed E-state index contributed by atoms with van der Waals surface area (Å²) < 4.78 is 38.8. The number of benzene rings is 1. The minimum atomic E-state index is -4.43. The molecule has 2 aliphatic rings. The predicted molar refractivity (Wildman–Crippen MR) is 84.0 cm³/mol. The molecule has 1 aromatic heterocycles.